The van der Waals surface area contributed by atoms with Gasteiger partial charge in [0.15, 0.2) is 0 Å². The highest BCUT2D eigenvalue weighted by Crippen LogP contribution is 2.32. The Morgan fingerprint density at radius 2 is 2.40 bits per heavy atom. The molecule has 4 heteroatoms. The first-order chi connectivity index (χ1) is 7.33. The van der Waals surface area contributed by atoms with Gasteiger partial charge in [-0.1, -0.05) is 17.3 Å². The molecule has 0 radical (unpaired) electrons. The Labute approximate surface area is 92.5 Å². The summed E-state index contributed by atoms with van der Waals surface area (Å²) in [4.78, 5) is 5.72. The van der Waals surface area contributed by atoms with E-state index in [1.54, 1.807) is 17.8 Å². The monoisotopic (exact) mass is 225 g/mol. The van der Waals surface area contributed by atoms with Gasteiger partial charge in [-0.15, -0.1) is 11.8 Å². The second kappa shape index (κ2) is 4.66. The summed E-state index contributed by atoms with van der Waals surface area (Å²) in [5.74, 6) is 0.696. The molecule has 0 bridgehead atoms. The second-order valence-electron chi connectivity index (χ2n) is 3.17. The Morgan fingerprint density at radius 1 is 1.53 bits per heavy atom. The number of oxime groups is 1. The predicted molar refractivity (Wildman–Crippen MR) is 59.9 cm³/mol. The molecular weight excluding hydrogens is 213 g/mol. The van der Waals surface area contributed by atoms with Crippen molar-refractivity contribution in [3.8, 4) is 0 Å². The number of rotatable bonds is 2. The highest BCUT2D eigenvalue weighted by molar-refractivity contribution is 7.99. The van der Waals surface area contributed by atoms with Gasteiger partial charge in [0, 0.05) is 17.7 Å². The lowest BCUT2D eigenvalue weighted by molar-refractivity contribution is 0.158. The fraction of sp³-hybridized carbons (Fsp3) is 0.364. The molecule has 0 spiro atoms. The molecule has 0 atom stereocenters. The predicted octanol–water partition coefficient (Wildman–Crippen LogP) is 3.06. The summed E-state index contributed by atoms with van der Waals surface area (Å²) >= 11 is 1.54. The van der Waals surface area contributed by atoms with E-state index in [1.165, 1.54) is 6.07 Å². The van der Waals surface area contributed by atoms with Crippen LogP contribution in [0.15, 0.2) is 28.3 Å². The molecule has 0 amide bonds. The highest BCUT2D eigenvalue weighted by atomic mass is 32.2. The van der Waals surface area contributed by atoms with E-state index in [0.29, 0.717) is 11.5 Å². The van der Waals surface area contributed by atoms with Crippen molar-refractivity contribution in [3.05, 3.63) is 29.6 Å². The van der Waals surface area contributed by atoms with E-state index in [9.17, 15) is 4.39 Å². The standard InChI is InChI=1S/C11H12FNOS/c1-2-14-13-10-6-7-15-11-8(10)4-3-5-9(11)12/h3-5H,2,6-7H2,1H3. The van der Waals surface area contributed by atoms with E-state index in [0.717, 1.165) is 23.4 Å². The zero-order chi connectivity index (χ0) is 10.7. The third-order valence-electron chi connectivity index (χ3n) is 2.17. The van der Waals surface area contributed by atoms with Gasteiger partial charge in [0.1, 0.15) is 12.4 Å². The fourth-order valence-electron chi connectivity index (χ4n) is 1.50. The molecule has 2 rings (SSSR count). The largest absolute Gasteiger partial charge is 0.396 e. The molecule has 1 aliphatic rings. The zero-order valence-corrected chi connectivity index (χ0v) is 9.31. The van der Waals surface area contributed by atoms with Gasteiger partial charge in [-0.3, -0.25) is 0 Å². The van der Waals surface area contributed by atoms with Crippen molar-refractivity contribution in [2.45, 2.75) is 18.2 Å². The van der Waals surface area contributed by atoms with Gasteiger partial charge in [-0.05, 0) is 13.0 Å². The first-order valence-corrected chi connectivity index (χ1v) is 5.92. The SMILES string of the molecule is CCON=C1CCSc2c(F)cccc21. The molecule has 1 aliphatic heterocycles. The van der Waals surface area contributed by atoms with E-state index < -0.39 is 0 Å². The first kappa shape index (κ1) is 10.5. The molecule has 0 unspecified atom stereocenters. The summed E-state index contributed by atoms with van der Waals surface area (Å²) in [6.07, 6.45) is 0.834. The molecule has 80 valence electrons. The first-order valence-electron chi connectivity index (χ1n) is 4.93. The number of hydrogen-bond donors (Lipinski definition) is 0. The molecule has 1 aromatic rings. The van der Waals surface area contributed by atoms with Gasteiger partial charge in [-0.25, -0.2) is 4.39 Å². The molecule has 0 saturated heterocycles. The van der Waals surface area contributed by atoms with Crippen LogP contribution in [0.5, 0.6) is 0 Å². The smallest absolute Gasteiger partial charge is 0.137 e. The summed E-state index contributed by atoms with van der Waals surface area (Å²) in [6.45, 7) is 2.43. The van der Waals surface area contributed by atoms with Gasteiger partial charge in [0.2, 0.25) is 0 Å². The van der Waals surface area contributed by atoms with Gasteiger partial charge >= 0.3 is 0 Å². The van der Waals surface area contributed by atoms with Crippen molar-refractivity contribution >= 4 is 17.5 Å². The molecule has 15 heavy (non-hydrogen) atoms. The molecule has 0 aliphatic carbocycles. The van der Waals surface area contributed by atoms with Gasteiger partial charge in [-0.2, -0.15) is 0 Å². The van der Waals surface area contributed by atoms with E-state index in [-0.39, 0.29) is 5.82 Å². The third kappa shape index (κ3) is 2.15. The molecule has 1 aromatic carbocycles. The summed E-state index contributed by atoms with van der Waals surface area (Å²) < 4.78 is 13.5. The van der Waals surface area contributed by atoms with Crippen molar-refractivity contribution < 1.29 is 9.23 Å². The Balaban J connectivity index is 2.38. The van der Waals surface area contributed by atoms with Crippen molar-refractivity contribution in [1.29, 1.82) is 0 Å². The number of fused-ring (bicyclic) bond motifs is 1. The van der Waals surface area contributed by atoms with Crippen LogP contribution in [0.25, 0.3) is 0 Å². The molecule has 0 saturated carbocycles. The molecule has 2 nitrogen and oxygen atoms in total. The minimum Gasteiger partial charge on any atom is -0.396 e. The van der Waals surface area contributed by atoms with Crippen LogP contribution in [-0.2, 0) is 4.84 Å². The summed E-state index contributed by atoms with van der Waals surface area (Å²) in [7, 11) is 0. The maximum absolute atomic E-state index is 13.5. The second-order valence-corrected chi connectivity index (χ2v) is 4.28. The van der Waals surface area contributed by atoms with Gasteiger partial charge < -0.3 is 4.84 Å². The van der Waals surface area contributed by atoms with Crippen molar-refractivity contribution in [2.24, 2.45) is 5.16 Å². The summed E-state index contributed by atoms with van der Waals surface area (Å²) in [5, 5.41) is 4.02. The number of hydrogen-bond acceptors (Lipinski definition) is 3. The minimum absolute atomic E-state index is 0.165. The van der Waals surface area contributed by atoms with E-state index in [1.807, 2.05) is 13.0 Å². The van der Waals surface area contributed by atoms with Crippen molar-refractivity contribution in [2.75, 3.05) is 12.4 Å². The Hall–Kier alpha value is -1.03. The number of benzene rings is 1. The van der Waals surface area contributed by atoms with Crippen LogP contribution in [0.4, 0.5) is 4.39 Å². The Morgan fingerprint density at radius 3 is 3.20 bits per heavy atom. The highest BCUT2D eigenvalue weighted by Gasteiger charge is 2.19. The molecule has 1 heterocycles. The summed E-state index contributed by atoms with van der Waals surface area (Å²) in [5.41, 5.74) is 1.73. The fourth-order valence-corrected chi connectivity index (χ4v) is 2.55. The van der Waals surface area contributed by atoms with Crippen LogP contribution < -0.4 is 0 Å². The van der Waals surface area contributed by atoms with Crippen LogP contribution in [0.2, 0.25) is 0 Å². The maximum atomic E-state index is 13.5. The zero-order valence-electron chi connectivity index (χ0n) is 8.50. The number of halogens is 1. The van der Waals surface area contributed by atoms with Crippen LogP contribution in [-0.4, -0.2) is 18.1 Å². The number of nitrogens with zero attached hydrogens (tertiary/aromatic N) is 1. The minimum atomic E-state index is -0.165. The van der Waals surface area contributed by atoms with Crippen LogP contribution >= 0.6 is 11.8 Å². The van der Waals surface area contributed by atoms with Crippen LogP contribution in [0, 0.1) is 5.82 Å². The lowest BCUT2D eigenvalue weighted by atomic mass is 10.1. The number of thioether (sulfide) groups is 1. The van der Waals surface area contributed by atoms with E-state index in [4.69, 9.17) is 4.84 Å². The average molecular weight is 225 g/mol. The van der Waals surface area contributed by atoms with Gasteiger partial charge in [0.05, 0.1) is 10.6 Å². The maximum Gasteiger partial charge on any atom is 0.137 e. The molecule has 0 N–H and O–H groups in total. The molecular formula is C11H12FNOS. The molecule has 0 fully saturated rings. The lowest BCUT2D eigenvalue weighted by Crippen LogP contribution is -2.11. The third-order valence-corrected chi connectivity index (χ3v) is 3.28. The normalized spacial score (nSPS) is 17.6. The quantitative estimate of drug-likeness (QED) is 0.721. The summed E-state index contributed by atoms with van der Waals surface area (Å²) in [6, 6.07) is 5.08. The van der Waals surface area contributed by atoms with E-state index >= 15 is 0 Å². The Bertz CT molecular complexity index is 392. The molecule has 0 aromatic heterocycles. The topological polar surface area (TPSA) is 21.6 Å². The van der Waals surface area contributed by atoms with Crippen molar-refractivity contribution in [3.63, 3.8) is 0 Å². The lowest BCUT2D eigenvalue weighted by Gasteiger charge is -2.16. The van der Waals surface area contributed by atoms with E-state index in [2.05, 4.69) is 5.16 Å². The van der Waals surface area contributed by atoms with Crippen molar-refractivity contribution in [1.82, 2.24) is 0 Å². The average Bonchev–Trinajstić information content (AvgIpc) is 2.27. The van der Waals surface area contributed by atoms with Crippen LogP contribution in [0.1, 0.15) is 18.9 Å². The van der Waals surface area contributed by atoms with Crippen LogP contribution in [0.3, 0.4) is 0 Å². The Kier molecular flexibility index (Phi) is 3.26. The van der Waals surface area contributed by atoms with Gasteiger partial charge in [0.25, 0.3) is 0 Å².